The molecule has 0 saturated carbocycles. The molecule has 4 rings (SSSR count). The molecular formula is C21H23N3O3S. The Hall–Kier alpha value is -2.67. The van der Waals surface area contributed by atoms with Gasteiger partial charge in [-0.15, -0.1) is 0 Å². The summed E-state index contributed by atoms with van der Waals surface area (Å²) in [4.78, 5) is 19.6. The molecule has 7 heteroatoms. The fraction of sp³-hybridized carbons (Fsp3) is 0.333. The van der Waals surface area contributed by atoms with Gasteiger partial charge in [0, 0.05) is 25.2 Å². The molecule has 0 spiro atoms. The monoisotopic (exact) mass is 397 g/mol. The number of nitrogens with one attached hydrogen (secondary N) is 1. The number of thioether (sulfide) groups is 1. The van der Waals surface area contributed by atoms with E-state index in [0.29, 0.717) is 15.8 Å². The summed E-state index contributed by atoms with van der Waals surface area (Å²) in [5.74, 6) is 2.17. The number of amidine groups is 1. The number of carbonyl (C=O) groups is 1. The van der Waals surface area contributed by atoms with E-state index >= 15 is 0 Å². The lowest BCUT2D eigenvalue weighted by Gasteiger charge is -2.18. The molecule has 1 aromatic heterocycles. The van der Waals surface area contributed by atoms with Crippen LogP contribution in [0.5, 0.6) is 5.75 Å². The van der Waals surface area contributed by atoms with Gasteiger partial charge in [-0.3, -0.25) is 4.79 Å². The summed E-state index contributed by atoms with van der Waals surface area (Å²) in [6, 6.07) is 11.3. The van der Waals surface area contributed by atoms with E-state index in [0.717, 1.165) is 30.4 Å². The fourth-order valence-electron chi connectivity index (χ4n) is 3.26. The second-order valence-corrected chi connectivity index (χ2v) is 7.79. The van der Waals surface area contributed by atoms with Crippen molar-refractivity contribution in [3.05, 3.63) is 47.1 Å². The zero-order valence-corrected chi connectivity index (χ0v) is 16.6. The third-order valence-corrected chi connectivity index (χ3v) is 5.67. The van der Waals surface area contributed by atoms with E-state index in [1.807, 2.05) is 36.4 Å². The van der Waals surface area contributed by atoms with Gasteiger partial charge in [0.05, 0.1) is 17.7 Å². The normalized spacial score (nSPS) is 20.5. The molecule has 6 nitrogen and oxygen atoms in total. The summed E-state index contributed by atoms with van der Waals surface area (Å²) in [5.41, 5.74) is 0.756. The van der Waals surface area contributed by atoms with Crippen LogP contribution in [-0.2, 0) is 4.79 Å². The minimum absolute atomic E-state index is 0.162. The molecule has 28 heavy (non-hydrogen) atoms. The number of anilines is 1. The van der Waals surface area contributed by atoms with E-state index in [-0.39, 0.29) is 5.91 Å². The third kappa shape index (κ3) is 4.42. The molecule has 146 valence electrons. The maximum absolute atomic E-state index is 12.3. The first-order valence-corrected chi connectivity index (χ1v) is 10.3. The molecule has 2 fully saturated rings. The van der Waals surface area contributed by atoms with Gasteiger partial charge < -0.3 is 19.4 Å². The molecule has 1 aromatic carbocycles. The van der Waals surface area contributed by atoms with Crippen molar-refractivity contribution < 1.29 is 13.9 Å². The SMILES string of the molecule is COc1ccc(N=C2NC(=O)/C(=C\c3ccc(N4CCCCCC4)o3)S2)cc1. The molecule has 1 amide bonds. The Morgan fingerprint density at radius 1 is 1.11 bits per heavy atom. The molecule has 2 saturated heterocycles. The molecule has 1 N–H and O–H groups in total. The number of furan rings is 1. The van der Waals surface area contributed by atoms with E-state index in [9.17, 15) is 4.79 Å². The zero-order valence-electron chi connectivity index (χ0n) is 15.8. The highest BCUT2D eigenvalue weighted by molar-refractivity contribution is 8.18. The fourth-order valence-corrected chi connectivity index (χ4v) is 4.09. The molecule has 0 atom stereocenters. The molecule has 3 heterocycles. The Bertz CT molecular complexity index is 894. The lowest BCUT2D eigenvalue weighted by atomic mass is 10.2. The summed E-state index contributed by atoms with van der Waals surface area (Å²) in [5, 5.41) is 3.36. The van der Waals surface area contributed by atoms with Gasteiger partial charge in [-0.05, 0) is 54.9 Å². The second-order valence-electron chi connectivity index (χ2n) is 6.76. The zero-order chi connectivity index (χ0) is 19.3. The summed E-state index contributed by atoms with van der Waals surface area (Å²) in [7, 11) is 1.62. The number of aliphatic imine (C=N–C) groups is 1. The van der Waals surface area contributed by atoms with Gasteiger partial charge in [-0.2, -0.15) is 0 Å². The number of hydrogen-bond donors (Lipinski definition) is 1. The van der Waals surface area contributed by atoms with Crippen molar-refractivity contribution in [3.63, 3.8) is 0 Å². The Kier molecular flexibility index (Phi) is 5.71. The van der Waals surface area contributed by atoms with Crippen LogP contribution in [0.1, 0.15) is 31.4 Å². The molecule has 0 unspecified atom stereocenters. The first-order valence-electron chi connectivity index (χ1n) is 9.50. The van der Waals surface area contributed by atoms with Crippen LogP contribution in [0.25, 0.3) is 6.08 Å². The minimum atomic E-state index is -0.162. The van der Waals surface area contributed by atoms with Crippen LogP contribution in [0.4, 0.5) is 11.6 Å². The number of nitrogens with zero attached hydrogens (tertiary/aromatic N) is 2. The van der Waals surface area contributed by atoms with E-state index in [2.05, 4.69) is 15.2 Å². The van der Waals surface area contributed by atoms with Crippen molar-refractivity contribution in [2.24, 2.45) is 4.99 Å². The smallest absolute Gasteiger partial charge is 0.264 e. The molecule has 2 aromatic rings. The van der Waals surface area contributed by atoms with Gasteiger partial charge in [0.15, 0.2) is 11.1 Å². The summed E-state index contributed by atoms with van der Waals surface area (Å²) < 4.78 is 11.1. The van der Waals surface area contributed by atoms with Crippen LogP contribution >= 0.6 is 11.8 Å². The standard InChI is InChI=1S/C21H23N3O3S/c1-26-16-8-6-15(7-9-16)22-21-23-20(25)18(28-21)14-17-10-11-19(27-17)24-12-4-2-3-5-13-24/h6-11,14H,2-5,12-13H2,1H3,(H,22,23,25)/b18-14+. The summed E-state index contributed by atoms with van der Waals surface area (Å²) >= 11 is 1.31. The number of amides is 1. The molecule has 2 aliphatic rings. The highest BCUT2D eigenvalue weighted by atomic mass is 32.2. The van der Waals surface area contributed by atoms with Crippen molar-refractivity contribution >= 4 is 40.5 Å². The van der Waals surface area contributed by atoms with Crippen LogP contribution in [0, 0.1) is 0 Å². The molecular weight excluding hydrogens is 374 g/mol. The first-order chi connectivity index (χ1) is 13.7. The van der Waals surface area contributed by atoms with Crippen LogP contribution in [0.2, 0.25) is 0 Å². The molecule has 2 aliphatic heterocycles. The van der Waals surface area contributed by atoms with E-state index in [1.54, 1.807) is 13.2 Å². The van der Waals surface area contributed by atoms with Crippen molar-refractivity contribution in [3.8, 4) is 5.75 Å². The number of methoxy groups -OCH3 is 1. The first kappa shape index (κ1) is 18.7. The predicted molar refractivity (Wildman–Crippen MR) is 113 cm³/mol. The Morgan fingerprint density at radius 2 is 1.86 bits per heavy atom. The minimum Gasteiger partial charge on any atom is -0.497 e. The van der Waals surface area contributed by atoms with Gasteiger partial charge in [0.2, 0.25) is 0 Å². The van der Waals surface area contributed by atoms with Gasteiger partial charge in [0.25, 0.3) is 5.91 Å². The van der Waals surface area contributed by atoms with Crippen molar-refractivity contribution in [2.75, 3.05) is 25.1 Å². The lowest BCUT2D eigenvalue weighted by molar-refractivity contribution is -0.115. The van der Waals surface area contributed by atoms with Crippen molar-refractivity contribution in [1.82, 2.24) is 5.32 Å². The van der Waals surface area contributed by atoms with Crippen molar-refractivity contribution in [2.45, 2.75) is 25.7 Å². The van der Waals surface area contributed by atoms with Gasteiger partial charge in [-0.25, -0.2) is 4.99 Å². The molecule has 0 aliphatic carbocycles. The highest BCUT2D eigenvalue weighted by Gasteiger charge is 2.24. The van der Waals surface area contributed by atoms with Crippen LogP contribution in [0.3, 0.4) is 0 Å². The van der Waals surface area contributed by atoms with Gasteiger partial charge >= 0.3 is 0 Å². The van der Waals surface area contributed by atoms with Crippen LogP contribution < -0.4 is 15.0 Å². The van der Waals surface area contributed by atoms with E-state index in [1.165, 1.54) is 37.4 Å². The number of hydrogen-bond acceptors (Lipinski definition) is 6. The Morgan fingerprint density at radius 3 is 2.57 bits per heavy atom. The van der Waals surface area contributed by atoms with Crippen molar-refractivity contribution in [1.29, 1.82) is 0 Å². The summed E-state index contributed by atoms with van der Waals surface area (Å²) in [6.45, 7) is 2.05. The molecule has 0 bridgehead atoms. The number of ether oxygens (including phenoxy) is 1. The highest BCUT2D eigenvalue weighted by Crippen LogP contribution is 2.30. The van der Waals surface area contributed by atoms with Gasteiger partial charge in [-0.1, -0.05) is 12.8 Å². The third-order valence-electron chi connectivity index (χ3n) is 4.76. The predicted octanol–water partition coefficient (Wildman–Crippen LogP) is 4.56. The summed E-state index contributed by atoms with van der Waals surface area (Å²) in [6.07, 6.45) is 6.72. The number of benzene rings is 1. The van der Waals surface area contributed by atoms with Crippen LogP contribution in [-0.4, -0.2) is 31.3 Å². The Labute approximate surface area is 168 Å². The van der Waals surface area contributed by atoms with Gasteiger partial charge in [0.1, 0.15) is 11.5 Å². The largest absolute Gasteiger partial charge is 0.497 e. The Balaban J connectivity index is 1.46. The van der Waals surface area contributed by atoms with E-state index < -0.39 is 0 Å². The average Bonchev–Trinajstić information content (AvgIpc) is 3.19. The number of rotatable bonds is 4. The molecule has 0 radical (unpaired) electrons. The maximum atomic E-state index is 12.3. The quantitative estimate of drug-likeness (QED) is 0.766. The lowest BCUT2D eigenvalue weighted by Crippen LogP contribution is -2.23. The maximum Gasteiger partial charge on any atom is 0.264 e. The number of carbonyl (C=O) groups excluding carboxylic acids is 1. The second kappa shape index (κ2) is 8.56. The average molecular weight is 398 g/mol. The van der Waals surface area contributed by atoms with E-state index in [4.69, 9.17) is 9.15 Å². The topological polar surface area (TPSA) is 67.1 Å². The van der Waals surface area contributed by atoms with Crippen LogP contribution in [0.15, 0.2) is 50.7 Å².